The number of nitrogens with zero attached hydrogens (tertiary/aromatic N) is 3. The normalized spacial score (nSPS) is 11.2. The van der Waals surface area contributed by atoms with E-state index in [1.807, 2.05) is 0 Å². The fourth-order valence-corrected chi connectivity index (χ4v) is 5.24. The van der Waals surface area contributed by atoms with Crippen LogP contribution in [0.15, 0.2) is 0 Å². The Morgan fingerprint density at radius 2 is 0.641 bits per heavy atom. The summed E-state index contributed by atoms with van der Waals surface area (Å²) in [4.78, 5) is 13.0. The Bertz CT molecular complexity index is 588. The molecule has 0 bridgehead atoms. The maximum Gasteiger partial charge on any atom is 0.229 e. The van der Waals surface area contributed by atoms with Crippen LogP contribution in [-0.4, -0.2) is 28.0 Å². The number of hydrogen-bond acceptors (Lipinski definition) is 6. The molecule has 0 fully saturated rings. The van der Waals surface area contributed by atoms with Crippen LogP contribution < -0.4 is 16.4 Å². The minimum absolute atomic E-state index is 0.283. The maximum absolute atomic E-state index is 5.92. The molecular formula is C33H66N6. The minimum Gasteiger partial charge on any atom is -0.368 e. The zero-order valence-corrected chi connectivity index (χ0v) is 26.2. The van der Waals surface area contributed by atoms with Crippen molar-refractivity contribution < 1.29 is 0 Å². The summed E-state index contributed by atoms with van der Waals surface area (Å²) in [6, 6.07) is 0. The van der Waals surface area contributed by atoms with Gasteiger partial charge in [0.1, 0.15) is 0 Å². The quantitative estimate of drug-likeness (QED) is 0.0831. The topological polar surface area (TPSA) is 88.8 Å². The molecule has 0 unspecified atom stereocenters. The SMILES string of the molecule is CCCCCCCCCCCCCCCNc1nc(N)nc(NCCCCCCCCCCCCCCC)n1. The lowest BCUT2D eigenvalue weighted by molar-refractivity contribution is 0.541. The van der Waals surface area contributed by atoms with Gasteiger partial charge < -0.3 is 16.4 Å². The molecule has 1 rings (SSSR count). The molecule has 6 heteroatoms. The molecular weight excluding hydrogens is 480 g/mol. The van der Waals surface area contributed by atoms with Gasteiger partial charge in [0.2, 0.25) is 17.8 Å². The second-order valence-electron chi connectivity index (χ2n) is 11.7. The van der Waals surface area contributed by atoms with Crippen molar-refractivity contribution in [1.82, 2.24) is 15.0 Å². The highest BCUT2D eigenvalue weighted by Crippen LogP contribution is 2.14. The molecule has 0 amide bonds. The average Bonchev–Trinajstić information content (AvgIpc) is 2.93. The summed E-state index contributed by atoms with van der Waals surface area (Å²) in [6.45, 7) is 6.35. The highest BCUT2D eigenvalue weighted by atomic mass is 15.2. The number of nitrogen functional groups attached to an aromatic ring is 1. The fourth-order valence-electron chi connectivity index (χ4n) is 5.24. The van der Waals surface area contributed by atoms with E-state index in [4.69, 9.17) is 5.73 Å². The third kappa shape index (κ3) is 24.0. The van der Waals surface area contributed by atoms with E-state index < -0.39 is 0 Å². The second kappa shape index (κ2) is 28.0. The highest BCUT2D eigenvalue weighted by molar-refractivity contribution is 5.39. The van der Waals surface area contributed by atoms with E-state index in [2.05, 4.69) is 39.4 Å². The van der Waals surface area contributed by atoms with Gasteiger partial charge in [0.05, 0.1) is 0 Å². The smallest absolute Gasteiger partial charge is 0.229 e. The number of aromatic nitrogens is 3. The number of unbranched alkanes of at least 4 members (excludes halogenated alkanes) is 24. The molecule has 0 aliphatic carbocycles. The summed E-state index contributed by atoms with van der Waals surface area (Å²) in [6.07, 6.45) is 35.6. The van der Waals surface area contributed by atoms with Gasteiger partial charge in [-0.3, -0.25) is 0 Å². The van der Waals surface area contributed by atoms with Gasteiger partial charge in [0, 0.05) is 13.1 Å². The van der Waals surface area contributed by atoms with Crippen LogP contribution >= 0.6 is 0 Å². The summed E-state index contributed by atoms with van der Waals surface area (Å²) in [5.74, 6) is 1.47. The first-order chi connectivity index (χ1) is 19.3. The highest BCUT2D eigenvalue weighted by Gasteiger charge is 2.04. The van der Waals surface area contributed by atoms with E-state index >= 15 is 0 Å². The largest absolute Gasteiger partial charge is 0.368 e. The average molecular weight is 547 g/mol. The third-order valence-electron chi connectivity index (χ3n) is 7.78. The molecule has 228 valence electrons. The molecule has 0 aromatic carbocycles. The molecule has 0 aliphatic heterocycles. The van der Waals surface area contributed by atoms with Crippen LogP contribution in [0.4, 0.5) is 17.8 Å². The maximum atomic E-state index is 5.92. The first-order valence-electron chi connectivity index (χ1n) is 17.3. The number of nitrogens with two attached hydrogens (primary N) is 1. The van der Waals surface area contributed by atoms with Crippen LogP contribution in [0.25, 0.3) is 0 Å². The van der Waals surface area contributed by atoms with E-state index in [-0.39, 0.29) is 5.95 Å². The first kappa shape index (κ1) is 35.4. The molecule has 0 saturated carbocycles. The molecule has 4 N–H and O–H groups in total. The van der Waals surface area contributed by atoms with Gasteiger partial charge in [-0.1, -0.05) is 168 Å². The Labute approximate surface area is 242 Å². The number of nitrogens with one attached hydrogen (secondary N) is 2. The van der Waals surface area contributed by atoms with Gasteiger partial charge in [-0.15, -0.1) is 0 Å². The van der Waals surface area contributed by atoms with Gasteiger partial charge in [0.25, 0.3) is 0 Å². The molecule has 1 aromatic rings. The standard InChI is InChI=1S/C33H66N6/c1-3-5-7-9-11-13-15-17-19-21-23-25-27-29-35-32-37-31(34)38-33(39-32)36-30-28-26-24-22-20-18-16-14-12-10-8-6-4-2/h3-30H2,1-2H3,(H4,34,35,36,37,38,39). The van der Waals surface area contributed by atoms with Crippen LogP contribution in [0.1, 0.15) is 181 Å². The van der Waals surface area contributed by atoms with Gasteiger partial charge in [0.15, 0.2) is 0 Å². The lowest BCUT2D eigenvalue weighted by Gasteiger charge is -2.09. The van der Waals surface area contributed by atoms with Crippen molar-refractivity contribution in [3.63, 3.8) is 0 Å². The summed E-state index contributed by atoms with van der Waals surface area (Å²) in [7, 11) is 0. The van der Waals surface area contributed by atoms with Crippen molar-refractivity contribution in [2.75, 3.05) is 29.5 Å². The Hall–Kier alpha value is -1.59. The molecule has 6 nitrogen and oxygen atoms in total. The molecule has 0 aliphatic rings. The molecule has 0 radical (unpaired) electrons. The van der Waals surface area contributed by atoms with Crippen molar-refractivity contribution in [3.8, 4) is 0 Å². The Morgan fingerprint density at radius 3 is 0.923 bits per heavy atom. The molecule has 0 saturated heterocycles. The fraction of sp³-hybridized carbons (Fsp3) is 0.909. The predicted molar refractivity (Wildman–Crippen MR) is 173 cm³/mol. The molecule has 1 aromatic heterocycles. The molecule has 1 heterocycles. The second-order valence-corrected chi connectivity index (χ2v) is 11.7. The number of anilines is 3. The lowest BCUT2D eigenvalue weighted by atomic mass is 10.0. The van der Waals surface area contributed by atoms with E-state index in [0.29, 0.717) is 11.9 Å². The Morgan fingerprint density at radius 1 is 0.385 bits per heavy atom. The van der Waals surface area contributed by atoms with Gasteiger partial charge >= 0.3 is 0 Å². The Balaban J connectivity index is 1.95. The summed E-state index contributed by atoms with van der Waals surface area (Å²) < 4.78 is 0. The van der Waals surface area contributed by atoms with Crippen LogP contribution in [0.5, 0.6) is 0 Å². The Kier molecular flexibility index (Phi) is 25.4. The van der Waals surface area contributed by atoms with Gasteiger partial charge in [-0.2, -0.15) is 15.0 Å². The first-order valence-corrected chi connectivity index (χ1v) is 17.3. The van der Waals surface area contributed by atoms with Crippen LogP contribution in [0, 0.1) is 0 Å². The monoisotopic (exact) mass is 547 g/mol. The molecule has 0 atom stereocenters. The van der Waals surface area contributed by atoms with Crippen LogP contribution in [0.2, 0.25) is 0 Å². The lowest BCUT2D eigenvalue weighted by Crippen LogP contribution is -2.12. The van der Waals surface area contributed by atoms with Crippen molar-refractivity contribution in [1.29, 1.82) is 0 Å². The van der Waals surface area contributed by atoms with Crippen molar-refractivity contribution >= 4 is 17.8 Å². The van der Waals surface area contributed by atoms with Gasteiger partial charge in [-0.05, 0) is 12.8 Å². The summed E-state index contributed by atoms with van der Waals surface area (Å²) in [5, 5.41) is 6.67. The van der Waals surface area contributed by atoms with E-state index in [1.165, 1.54) is 154 Å². The van der Waals surface area contributed by atoms with Crippen molar-refractivity contribution in [2.24, 2.45) is 0 Å². The third-order valence-corrected chi connectivity index (χ3v) is 7.78. The van der Waals surface area contributed by atoms with Crippen LogP contribution in [-0.2, 0) is 0 Å². The summed E-state index contributed by atoms with van der Waals surface area (Å²) >= 11 is 0. The number of hydrogen-bond donors (Lipinski definition) is 3. The zero-order valence-electron chi connectivity index (χ0n) is 26.2. The summed E-state index contributed by atoms with van der Waals surface area (Å²) in [5.41, 5.74) is 5.92. The van der Waals surface area contributed by atoms with E-state index in [9.17, 15) is 0 Å². The zero-order chi connectivity index (χ0) is 28.1. The van der Waals surface area contributed by atoms with Crippen molar-refractivity contribution in [2.45, 2.75) is 181 Å². The van der Waals surface area contributed by atoms with Crippen LogP contribution in [0.3, 0.4) is 0 Å². The van der Waals surface area contributed by atoms with E-state index in [0.717, 1.165) is 25.9 Å². The minimum atomic E-state index is 0.283. The molecule has 0 spiro atoms. The van der Waals surface area contributed by atoms with E-state index in [1.54, 1.807) is 0 Å². The number of rotatable bonds is 30. The predicted octanol–water partition coefficient (Wildman–Crippen LogP) is 10.5. The van der Waals surface area contributed by atoms with Crippen molar-refractivity contribution in [3.05, 3.63) is 0 Å². The molecule has 39 heavy (non-hydrogen) atoms. The van der Waals surface area contributed by atoms with Gasteiger partial charge in [-0.25, -0.2) is 0 Å².